The lowest BCUT2D eigenvalue weighted by Crippen LogP contribution is -2.43. The van der Waals surface area contributed by atoms with Crippen LogP contribution in [-0.4, -0.2) is 66.9 Å². The molecular formula is C26H28F3N5O2. The first-order valence-corrected chi connectivity index (χ1v) is 11.9. The van der Waals surface area contributed by atoms with Gasteiger partial charge in [-0.3, -0.25) is 14.6 Å². The van der Waals surface area contributed by atoms with Crippen molar-refractivity contribution < 1.29 is 22.8 Å². The zero-order valence-corrected chi connectivity index (χ0v) is 20.2. The smallest absolute Gasteiger partial charge is 0.370 e. The molecule has 2 aliphatic rings. The number of amides is 2. The van der Waals surface area contributed by atoms with Crippen LogP contribution in [0.15, 0.2) is 42.7 Å². The van der Waals surface area contributed by atoms with E-state index in [2.05, 4.69) is 4.98 Å². The minimum absolute atomic E-state index is 0.0546. The van der Waals surface area contributed by atoms with Crippen LogP contribution in [0.25, 0.3) is 0 Å². The molecule has 0 bridgehead atoms. The molecule has 2 aliphatic heterocycles. The number of hydrogen-bond acceptors (Lipinski definition) is 5. The van der Waals surface area contributed by atoms with Crippen LogP contribution in [0, 0.1) is 29.1 Å². The van der Waals surface area contributed by atoms with Crippen molar-refractivity contribution in [2.24, 2.45) is 17.8 Å². The van der Waals surface area contributed by atoms with Crippen molar-refractivity contribution in [2.75, 3.05) is 45.2 Å². The number of piperidine rings is 1. The van der Waals surface area contributed by atoms with E-state index in [0.29, 0.717) is 50.3 Å². The maximum atomic E-state index is 13.5. The zero-order valence-electron chi connectivity index (χ0n) is 20.2. The van der Waals surface area contributed by atoms with Gasteiger partial charge in [0.1, 0.15) is 0 Å². The number of alkyl halides is 3. The van der Waals surface area contributed by atoms with Crippen LogP contribution in [0.2, 0.25) is 0 Å². The van der Waals surface area contributed by atoms with Crippen molar-refractivity contribution in [3.05, 3.63) is 59.4 Å². The van der Waals surface area contributed by atoms with Crippen molar-refractivity contribution in [2.45, 2.75) is 19.0 Å². The monoisotopic (exact) mass is 499 g/mol. The van der Waals surface area contributed by atoms with E-state index in [-0.39, 0.29) is 29.6 Å². The van der Waals surface area contributed by atoms with Gasteiger partial charge in [0.05, 0.1) is 28.7 Å². The summed E-state index contributed by atoms with van der Waals surface area (Å²) in [6.07, 6.45) is -0.0669. The topological polar surface area (TPSA) is 80.5 Å². The summed E-state index contributed by atoms with van der Waals surface area (Å²) in [7, 11) is 3.36. The summed E-state index contributed by atoms with van der Waals surface area (Å²) < 4.78 is 40.6. The van der Waals surface area contributed by atoms with E-state index in [1.54, 1.807) is 49.6 Å². The Morgan fingerprint density at radius 2 is 1.86 bits per heavy atom. The highest BCUT2D eigenvalue weighted by molar-refractivity contribution is 5.93. The number of rotatable bonds is 4. The van der Waals surface area contributed by atoms with Gasteiger partial charge in [0.25, 0.3) is 5.91 Å². The van der Waals surface area contributed by atoms with E-state index in [1.165, 1.54) is 17.0 Å². The number of aromatic nitrogens is 1. The maximum Gasteiger partial charge on any atom is 0.417 e. The lowest BCUT2D eigenvalue weighted by Gasteiger charge is -2.36. The number of halogens is 3. The van der Waals surface area contributed by atoms with Crippen LogP contribution in [-0.2, 0) is 11.0 Å². The summed E-state index contributed by atoms with van der Waals surface area (Å²) in [5.74, 6) is -0.396. The molecule has 0 spiro atoms. The highest BCUT2D eigenvalue weighted by atomic mass is 19.4. The Bertz CT molecular complexity index is 1150. The zero-order chi connectivity index (χ0) is 26.0. The van der Waals surface area contributed by atoms with Crippen LogP contribution in [0.4, 0.5) is 18.9 Å². The fraction of sp³-hybridized carbons (Fsp3) is 0.462. The fourth-order valence-electron chi connectivity index (χ4n) is 5.37. The number of nitriles is 1. The van der Waals surface area contributed by atoms with Gasteiger partial charge in [0.2, 0.25) is 5.91 Å². The molecule has 3 heterocycles. The third kappa shape index (κ3) is 5.15. The average Bonchev–Trinajstić information content (AvgIpc) is 3.33. The number of carbonyl (C=O) groups excluding carboxylic acids is 2. The van der Waals surface area contributed by atoms with Gasteiger partial charge in [-0.2, -0.15) is 18.4 Å². The van der Waals surface area contributed by atoms with Crippen molar-refractivity contribution >= 4 is 17.5 Å². The van der Waals surface area contributed by atoms with Crippen molar-refractivity contribution in [1.29, 1.82) is 5.26 Å². The molecule has 0 saturated carbocycles. The standard InChI is InChI=1S/C26H28F3N5O2/c1-32(2)25(36)22-16-34(20-6-5-18(13-30)23(12-20)26(27,28)29)15-21(22)17-7-10-33(11-8-17)24(35)19-4-3-9-31-14-19/h3-6,9,12,14,17,21-22H,7-8,10-11,15-16H2,1-2H3/t21-,22+/m0/s1. The minimum atomic E-state index is -4.65. The Labute approximate surface area is 208 Å². The first kappa shape index (κ1) is 25.5. The van der Waals surface area contributed by atoms with E-state index >= 15 is 0 Å². The molecule has 0 aliphatic carbocycles. The lowest BCUT2D eigenvalue weighted by molar-refractivity contribution is -0.137. The van der Waals surface area contributed by atoms with Crippen LogP contribution >= 0.6 is 0 Å². The Morgan fingerprint density at radius 1 is 1.14 bits per heavy atom. The highest BCUT2D eigenvalue weighted by Crippen LogP contribution is 2.40. The highest BCUT2D eigenvalue weighted by Gasteiger charge is 2.44. The summed E-state index contributed by atoms with van der Waals surface area (Å²) in [6.45, 7) is 1.84. The summed E-state index contributed by atoms with van der Waals surface area (Å²) in [5.41, 5.74) is -0.508. The SMILES string of the molecule is CN(C)C(=O)[C@@H]1CN(c2ccc(C#N)c(C(F)(F)F)c2)C[C@H]1C1CCN(C(=O)c2cccnc2)CC1. The van der Waals surface area contributed by atoms with Gasteiger partial charge >= 0.3 is 6.18 Å². The third-order valence-electron chi connectivity index (χ3n) is 7.26. The molecule has 10 heteroatoms. The summed E-state index contributed by atoms with van der Waals surface area (Å²) in [4.78, 5) is 35.0. The normalized spacial score (nSPS) is 20.8. The van der Waals surface area contributed by atoms with Gasteiger partial charge in [-0.05, 0) is 55.0 Å². The maximum absolute atomic E-state index is 13.5. The van der Waals surface area contributed by atoms with Crippen LogP contribution in [0.1, 0.15) is 34.3 Å². The number of nitrogens with zero attached hydrogens (tertiary/aromatic N) is 5. The second kappa shape index (κ2) is 10.2. The van der Waals surface area contributed by atoms with Crippen LogP contribution in [0.3, 0.4) is 0 Å². The molecule has 0 unspecified atom stereocenters. The van der Waals surface area contributed by atoms with E-state index in [1.807, 2.05) is 4.90 Å². The predicted molar refractivity (Wildman–Crippen MR) is 127 cm³/mol. The van der Waals surface area contributed by atoms with Crippen molar-refractivity contribution in [1.82, 2.24) is 14.8 Å². The summed E-state index contributed by atoms with van der Waals surface area (Å²) in [6, 6.07) is 8.78. The van der Waals surface area contributed by atoms with Gasteiger partial charge < -0.3 is 14.7 Å². The van der Waals surface area contributed by atoms with Crippen molar-refractivity contribution in [3.8, 4) is 6.07 Å². The molecule has 2 aromatic rings. The first-order valence-electron chi connectivity index (χ1n) is 11.9. The minimum Gasteiger partial charge on any atom is -0.370 e. The Morgan fingerprint density at radius 3 is 2.44 bits per heavy atom. The number of hydrogen-bond donors (Lipinski definition) is 0. The van der Waals surface area contributed by atoms with Crippen LogP contribution in [0.5, 0.6) is 0 Å². The van der Waals surface area contributed by atoms with Crippen LogP contribution < -0.4 is 4.90 Å². The molecule has 0 radical (unpaired) electrons. The Balaban J connectivity index is 1.52. The second-order valence-electron chi connectivity index (χ2n) is 9.62. The number of likely N-dealkylation sites (tertiary alicyclic amines) is 1. The summed E-state index contributed by atoms with van der Waals surface area (Å²) >= 11 is 0. The second-order valence-corrected chi connectivity index (χ2v) is 9.62. The van der Waals surface area contributed by atoms with Gasteiger partial charge in [-0.15, -0.1) is 0 Å². The molecule has 2 atom stereocenters. The molecule has 4 rings (SSSR count). The van der Waals surface area contributed by atoms with Crippen molar-refractivity contribution in [3.63, 3.8) is 0 Å². The molecule has 1 aromatic carbocycles. The quantitative estimate of drug-likeness (QED) is 0.642. The predicted octanol–water partition coefficient (Wildman–Crippen LogP) is 3.67. The molecule has 2 fully saturated rings. The average molecular weight is 500 g/mol. The molecule has 0 N–H and O–H groups in total. The molecule has 36 heavy (non-hydrogen) atoms. The number of anilines is 1. The molecule has 190 valence electrons. The Kier molecular flexibility index (Phi) is 7.20. The largest absolute Gasteiger partial charge is 0.417 e. The lowest BCUT2D eigenvalue weighted by atomic mass is 9.78. The van der Waals surface area contributed by atoms with Gasteiger partial charge in [-0.1, -0.05) is 0 Å². The summed E-state index contributed by atoms with van der Waals surface area (Å²) in [5, 5.41) is 9.11. The first-order chi connectivity index (χ1) is 17.1. The van der Waals surface area contributed by atoms with E-state index < -0.39 is 17.3 Å². The van der Waals surface area contributed by atoms with E-state index in [9.17, 15) is 22.8 Å². The molecule has 2 amide bonds. The number of carbonyl (C=O) groups is 2. The molecule has 1 aromatic heterocycles. The molecule has 7 nitrogen and oxygen atoms in total. The van der Waals surface area contributed by atoms with E-state index in [4.69, 9.17) is 5.26 Å². The molecular weight excluding hydrogens is 471 g/mol. The molecule has 2 saturated heterocycles. The van der Waals surface area contributed by atoms with E-state index in [0.717, 1.165) is 6.07 Å². The Hall–Kier alpha value is -3.61. The number of pyridine rings is 1. The third-order valence-corrected chi connectivity index (χ3v) is 7.26. The number of benzene rings is 1. The van der Waals surface area contributed by atoms with Gasteiger partial charge in [-0.25, -0.2) is 0 Å². The fourth-order valence-corrected chi connectivity index (χ4v) is 5.37. The van der Waals surface area contributed by atoms with Gasteiger partial charge in [0.15, 0.2) is 0 Å². The van der Waals surface area contributed by atoms with Gasteiger partial charge in [0, 0.05) is 58.4 Å².